The maximum absolute atomic E-state index is 4.01. The minimum Gasteiger partial charge on any atom is -0.311 e. The molecule has 102 valence electrons. The van der Waals surface area contributed by atoms with Gasteiger partial charge in [-0.25, -0.2) is 0 Å². The fourth-order valence-corrected chi connectivity index (χ4v) is 5.45. The molecule has 0 aromatic carbocycles. The van der Waals surface area contributed by atoms with Gasteiger partial charge in [-0.1, -0.05) is 0 Å². The molecule has 2 heteroatoms. The Morgan fingerprint density at radius 1 is 0.889 bits per heavy atom. The highest BCUT2D eigenvalue weighted by atomic mass is 15.1. The highest BCUT2D eigenvalue weighted by Crippen LogP contribution is 2.51. The van der Waals surface area contributed by atoms with E-state index < -0.39 is 0 Å². The predicted molar refractivity (Wildman–Crippen MR) is 74.5 cm³/mol. The number of hydrogen-bond acceptors (Lipinski definition) is 2. The van der Waals surface area contributed by atoms with Crippen LogP contribution in [0.2, 0.25) is 0 Å². The summed E-state index contributed by atoms with van der Waals surface area (Å²) < 4.78 is 0. The quantitative estimate of drug-likeness (QED) is 0.745. The van der Waals surface area contributed by atoms with Crippen molar-refractivity contribution >= 4 is 0 Å². The van der Waals surface area contributed by atoms with Crippen LogP contribution in [0.1, 0.15) is 58.8 Å². The Labute approximate surface area is 111 Å². The molecule has 2 aliphatic heterocycles. The molecular weight excluding hydrogens is 220 g/mol. The van der Waals surface area contributed by atoms with Crippen LogP contribution in [0, 0.1) is 17.8 Å². The Balaban J connectivity index is 1.45. The molecule has 4 rings (SSSR count). The van der Waals surface area contributed by atoms with Crippen LogP contribution in [0.4, 0.5) is 0 Å². The molecule has 0 amide bonds. The van der Waals surface area contributed by atoms with Crippen molar-refractivity contribution in [2.75, 3.05) is 6.54 Å². The van der Waals surface area contributed by atoms with Crippen LogP contribution in [0.25, 0.3) is 0 Å². The van der Waals surface area contributed by atoms with Crippen LogP contribution < -0.4 is 10.6 Å². The summed E-state index contributed by atoms with van der Waals surface area (Å²) in [5.41, 5.74) is 1.01. The lowest BCUT2D eigenvalue weighted by molar-refractivity contribution is 0.134. The molecule has 2 heterocycles. The molecule has 2 nitrogen and oxygen atoms in total. The molecule has 0 aromatic rings. The van der Waals surface area contributed by atoms with E-state index in [1.54, 1.807) is 0 Å². The van der Waals surface area contributed by atoms with Crippen LogP contribution in [0.15, 0.2) is 0 Å². The SMILES string of the molecule is CC12CCC(C3CC4CCC4(C)N3)CC1CCN2. The van der Waals surface area contributed by atoms with Gasteiger partial charge in [-0.05, 0) is 83.1 Å². The van der Waals surface area contributed by atoms with Crippen LogP contribution >= 0.6 is 0 Å². The number of nitrogens with one attached hydrogen (secondary N) is 2. The minimum absolute atomic E-state index is 0.484. The Morgan fingerprint density at radius 3 is 2.33 bits per heavy atom. The zero-order chi connectivity index (χ0) is 12.4. The first kappa shape index (κ1) is 11.7. The van der Waals surface area contributed by atoms with E-state index in [1.165, 1.54) is 51.5 Å². The molecule has 2 N–H and O–H groups in total. The third-order valence-corrected chi connectivity index (χ3v) is 7.08. The smallest absolute Gasteiger partial charge is 0.0184 e. The van der Waals surface area contributed by atoms with Crippen molar-refractivity contribution in [3.63, 3.8) is 0 Å². The van der Waals surface area contributed by atoms with Crippen LogP contribution in [0.3, 0.4) is 0 Å². The van der Waals surface area contributed by atoms with Crippen LogP contribution in [0.5, 0.6) is 0 Å². The molecule has 6 atom stereocenters. The minimum atomic E-state index is 0.484. The molecule has 0 bridgehead atoms. The van der Waals surface area contributed by atoms with E-state index in [4.69, 9.17) is 0 Å². The average molecular weight is 248 g/mol. The third kappa shape index (κ3) is 1.54. The van der Waals surface area contributed by atoms with E-state index in [9.17, 15) is 0 Å². The normalized spacial score (nSPS) is 59.0. The van der Waals surface area contributed by atoms with Crippen LogP contribution in [-0.4, -0.2) is 23.7 Å². The largest absolute Gasteiger partial charge is 0.311 e. The molecule has 2 saturated carbocycles. The molecule has 0 aromatic heterocycles. The average Bonchev–Trinajstić information content (AvgIpc) is 2.81. The Hall–Kier alpha value is -0.0800. The number of fused-ring (bicyclic) bond motifs is 2. The second-order valence-corrected chi connectivity index (χ2v) is 8.00. The first-order valence-corrected chi connectivity index (χ1v) is 8.12. The summed E-state index contributed by atoms with van der Waals surface area (Å²) in [6.07, 6.45) is 10.1. The summed E-state index contributed by atoms with van der Waals surface area (Å²) in [6.45, 7) is 6.19. The fourth-order valence-electron chi connectivity index (χ4n) is 5.45. The van der Waals surface area contributed by atoms with E-state index >= 15 is 0 Å². The van der Waals surface area contributed by atoms with Gasteiger partial charge in [-0.15, -0.1) is 0 Å². The highest BCUT2D eigenvalue weighted by Gasteiger charge is 2.53. The van der Waals surface area contributed by atoms with Crippen molar-refractivity contribution in [2.45, 2.75) is 75.9 Å². The van der Waals surface area contributed by atoms with Crippen molar-refractivity contribution in [3.05, 3.63) is 0 Å². The Bertz CT molecular complexity index is 355. The topological polar surface area (TPSA) is 24.1 Å². The molecule has 2 aliphatic carbocycles. The first-order chi connectivity index (χ1) is 8.59. The summed E-state index contributed by atoms with van der Waals surface area (Å²) in [5.74, 6) is 2.91. The van der Waals surface area contributed by atoms with Gasteiger partial charge in [-0.3, -0.25) is 0 Å². The van der Waals surface area contributed by atoms with Crippen molar-refractivity contribution in [1.82, 2.24) is 10.6 Å². The summed E-state index contributed by atoms with van der Waals surface area (Å²) in [4.78, 5) is 0. The molecule has 4 fully saturated rings. The van der Waals surface area contributed by atoms with Gasteiger partial charge in [0.05, 0.1) is 0 Å². The second-order valence-electron chi connectivity index (χ2n) is 8.00. The lowest BCUT2D eigenvalue weighted by Gasteiger charge is -2.43. The molecular formula is C16H28N2. The zero-order valence-corrected chi connectivity index (χ0v) is 12.0. The summed E-state index contributed by atoms with van der Waals surface area (Å²) >= 11 is 0. The van der Waals surface area contributed by atoms with Gasteiger partial charge in [0.15, 0.2) is 0 Å². The van der Waals surface area contributed by atoms with Crippen LogP contribution in [-0.2, 0) is 0 Å². The van der Waals surface area contributed by atoms with E-state index in [0.29, 0.717) is 11.1 Å². The van der Waals surface area contributed by atoms with Crippen molar-refractivity contribution in [2.24, 2.45) is 17.8 Å². The van der Waals surface area contributed by atoms with E-state index in [1.807, 2.05) is 0 Å². The third-order valence-electron chi connectivity index (χ3n) is 7.08. The van der Waals surface area contributed by atoms with E-state index in [-0.39, 0.29) is 0 Å². The number of hydrogen-bond donors (Lipinski definition) is 2. The van der Waals surface area contributed by atoms with Gasteiger partial charge in [0.2, 0.25) is 0 Å². The van der Waals surface area contributed by atoms with Crippen molar-refractivity contribution < 1.29 is 0 Å². The van der Waals surface area contributed by atoms with Crippen molar-refractivity contribution in [3.8, 4) is 0 Å². The monoisotopic (exact) mass is 248 g/mol. The first-order valence-electron chi connectivity index (χ1n) is 8.12. The van der Waals surface area contributed by atoms with E-state index in [2.05, 4.69) is 24.5 Å². The molecule has 18 heavy (non-hydrogen) atoms. The molecule has 0 spiro atoms. The fraction of sp³-hybridized carbons (Fsp3) is 1.00. The lowest BCUT2D eigenvalue weighted by atomic mass is 9.67. The lowest BCUT2D eigenvalue weighted by Crippen LogP contribution is -2.53. The maximum atomic E-state index is 4.01. The van der Waals surface area contributed by atoms with E-state index in [0.717, 1.165) is 23.8 Å². The maximum Gasteiger partial charge on any atom is 0.0184 e. The Morgan fingerprint density at radius 2 is 1.67 bits per heavy atom. The van der Waals surface area contributed by atoms with Gasteiger partial charge < -0.3 is 10.6 Å². The molecule has 0 radical (unpaired) electrons. The van der Waals surface area contributed by atoms with Gasteiger partial charge in [0, 0.05) is 17.1 Å². The number of rotatable bonds is 1. The van der Waals surface area contributed by atoms with Gasteiger partial charge >= 0.3 is 0 Å². The Kier molecular flexibility index (Phi) is 2.43. The standard InChI is InChI=1S/C16H28N2/c1-15-6-3-11(9-13(15)5-8-17-15)14-10-12-4-7-16(12,2)18-14/h11-14,17-18H,3-10H2,1-2H3. The van der Waals surface area contributed by atoms with Gasteiger partial charge in [0.25, 0.3) is 0 Å². The van der Waals surface area contributed by atoms with Crippen molar-refractivity contribution in [1.29, 1.82) is 0 Å². The van der Waals surface area contributed by atoms with Gasteiger partial charge in [0.1, 0.15) is 0 Å². The molecule has 4 aliphatic rings. The second kappa shape index (κ2) is 3.73. The summed E-state index contributed by atoms with van der Waals surface area (Å²) in [7, 11) is 0. The molecule has 2 saturated heterocycles. The summed E-state index contributed by atoms with van der Waals surface area (Å²) in [5, 5.41) is 7.77. The highest BCUT2D eigenvalue weighted by molar-refractivity contribution is 5.11. The summed E-state index contributed by atoms with van der Waals surface area (Å²) in [6, 6.07) is 0.840. The van der Waals surface area contributed by atoms with Gasteiger partial charge in [-0.2, -0.15) is 0 Å². The predicted octanol–water partition coefficient (Wildman–Crippen LogP) is 2.69. The zero-order valence-electron chi connectivity index (χ0n) is 12.0. The molecule has 6 unspecified atom stereocenters.